The minimum atomic E-state index is -0.285. The number of hydrogen-bond donors (Lipinski definition) is 0. The molecule has 0 bridgehead atoms. The summed E-state index contributed by atoms with van der Waals surface area (Å²) in [4.78, 5) is 22.1. The van der Waals surface area contributed by atoms with Gasteiger partial charge in [0, 0.05) is 19.2 Å². The molecule has 1 atom stereocenters. The number of ether oxygens (including phenoxy) is 2. The Labute approximate surface area is 139 Å². The molecular weight excluding hydrogens is 310 g/mol. The summed E-state index contributed by atoms with van der Waals surface area (Å²) in [5, 5.41) is 0. The fourth-order valence-corrected chi connectivity index (χ4v) is 3.31. The fourth-order valence-electron chi connectivity index (χ4n) is 3.31. The number of hydrogen-bond acceptors (Lipinski definition) is 6. The summed E-state index contributed by atoms with van der Waals surface area (Å²) in [6, 6.07) is 5.80. The van der Waals surface area contributed by atoms with Crippen molar-refractivity contribution in [2.24, 2.45) is 0 Å². The van der Waals surface area contributed by atoms with Crippen LogP contribution in [-0.2, 0) is 16.1 Å². The van der Waals surface area contributed by atoms with E-state index in [1.165, 1.54) is 12.7 Å². The zero-order chi connectivity index (χ0) is 16.4. The van der Waals surface area contributed by atoms with Gasteiger partial charge in [-0.3, -0.25) is 9.78 Å². The molecule has 7 nitrogen and oxygen atoms in total. The van der Waals surface area contributed by atoms with Gasteiger partial charge in [0.25, 0.3) is 5.91 Å². The molecule has 7 heteroatoms. The number of amides is 1. The third-order valence-electron chi connectivity index (χ3n) is 4.54. The smallest absolute Gasteiger partial charge is 0.276 e. The Kier molecular flexibility index (Phi) is 4.03. The van der Waals surface area contributed by atoms with E-state index in [1.54, 1.807) is 11.1 Å². The van der Waals surface area contributed by atoms with Crippen molar-refractivity contribution in [1.82, 2.24) is 14.9 Å². The fraction of sp³-hybridized carbons (Fsp3) is 0.471. The van der Waals surface area contributed by atoms with Crippen LogP contribution >= 0.6 is 0 Å². The van der Waals surface area contributed by atoms with Gasteiger partial charge in [0.1, 0.15) is 11.9 Å². The molecule has 2 aliphatic heterocycles. The molecule has 0 N–H and O–H groups in total. The number of oxazole rings is 1. The van der Waals surface area contributed by atoms with Gasteiger partial charge in [-0.05, 0) is 18.6 Å². The Morgan fingerprint density at radius 3 is 3.04 bits per heavy atom. The van der Waals surface area contributed by atoms with Crippen LogP contribution in [-0.4, -0.2) is 52.2 Å². The first-order valence-corrected chi connectivity index (χ1v) is 8.07. The second kappa shape index (κ2) is 6.33. The van der Waals surface area contributed by atoms with Gasteiger partial charge in [-0.15, -0.1) is 0 Å². The van der Waals surface area contributed by atoms with Gasteiger partial charge in [0.2, 0.25) is 0 Å². The molecule has 0 unspecified atom stereocenters. The van der Waals surface area contributed by atoms with Crippen LogP contribution < -0.4 is 0 Å². The lowest BCUT2D eigenvalue weighted by Crippen LogP contribution is -2.67. The number of pyridine rings is 1. The predicted molar refractivity (Wildman–Crippen MR) is 83.1 cm³/mol. The van der Waals surface area contributed by atoms with Gasteiger partial charge in [-0.1, -0.05) is 6.07 Å². The largest absolute Gasteiger partial charge is 0.451 e. The normalized spacial score (nSPS) is 22.3. The van der Waals surface area contributed by atoms with Crippen LogP contribution in [0.2, 0.25) is 0 Å². The van der Waals surface area contributed by atoms with Gasteiger partial charge < -0.3 is 18.8 Å². The van der Waals surface area contributed by atoms with Crippen LogP contribution in [0.3, 0.4) is 0 Å². The SMILES string of the molecule is O=C(c1cocn1)N1CC2(C[C@@H](OCc3ccccn3)CCO2)C1. The van der Waals surface area contributed by atoms with Crippen molar-refractivity contribution in [3.63, 3.8) is 0 Å². The number of carbonyl (C=O) groups is 1. The van der Waals surface area contributed by atoms with E-state index >= 15 is 0 Å². The first-order valence-electron chi connectivity index (χ1n) is 8.07. The maximum absolute atomic E-state index is 12.2. The number of carbonyl (C=O) groups excluding carboxylic acids is 1. The monoisotopic (exact) mass is 329 g/mol. The highest BCUT2D eigenvalue weighted by atomic mass is 16.5. The number of nitrogens with zero attached hydrogens (tertiary/aromatic N) is 3. The van der Waals surface area contributed by atoms with Crippen LogP contribution in [0.5, 0.6) is 0 Å². The molecule has 2 saturated heterocycles. The summed E-state index contributed by atoms with van der Waals surface area (Å²) in [6.45, 7) is 2.30. The molecule has 24 heavy (non-hydrogen) atoms. The maximum atomic E-state index is 12.2. The van der Waals surface area contributed by atoms with Crippen LogP contribution in [0, 0.1) is 0 Å². The molecule has 4 heterocycles. The quantitative estimate of drug-likeness (QED) is 0.849. The Hall–Kier alpha value is -2.25. The maximum Gasteiger partial charge on any atom is 0.276 e. The van der Waals surface area contributed by atoms with Crippen molar-refractivity contribution in [2.45, 2.75) is 31.2 Å². The standard InChI is InChI=1S/C17H19N3O4/c21-16(15-9-22-12-19-15)20-10-17(11-20)7-14(4-6-24-17)23-8-13-3-1-2-5-18-13/h1-3,5,9,12,14H,4,6-8,10-11H2/t14-/m0/s1. The molecule has 2 aliphatic rings. The van der Waals surface area contributed by atoms with E-state index in [1.807, 2.05) is 18.2 Å². The minimum absolute atomic E-state index is 0.116. The van der Waals surface area contributed by atoms with Crippen molar-refractivity contribution in [2.75, 3.05) is 19.7 Å². The molecule has 0 saturated carbocycles. The molecule has 1 amide bonds. The van der Waals surface area contributed by atoms with E-state index in [0.717, 1.165) is 18.5 Å². The summed E-state index contributed by atoms with van der Waals surface area (Å²) in [6.07, 6.45) is 6.19. The van der Waals surface area contributed by atoms with Crippen LogP contribution in [0.1, 0.15) is 29.0 Å². The van der Waals surface area contributed by atoms with E-state index in [-0.39, 0.29) is 17.6 Å². The van der Waals surface area contributed by atoms with Gasteiger partial charge in [-0.2, -0.15) is 0 Å². The van der Waals surface area contributed by atoms with Gasteiger partial charge in [-0.25, -0.2) is 4.98 Å². The third-order valence-corrected chi connectivity index (χ3v) is 4.54. The van der Waals surface area contributed by atoms with Crippen molar-refractivity contribution in [3.05, 3.63) is 48.4 Å². The van der Waals surface area contributed by atoms with Gasteiger partial charge in [0.15, 0.2) is 12.1 Å². The lowest BCUT2D eigenvalue weighted by atomic mass is 9.84. The Morgan fingerprint density at radius 1 is 1.38 bits per heavy atom. The third kappa shape index (κ3) is 3.05. The molecule has 126 valence electrons. The van der Waals surface area contributed by atoms with E-state index in [2.05, 4.69) is 9.97 Å². The molecule has 2 aromatic heterocycles. The van der Waals surface area contributed by atoms with Gasteiger partial charge in [0.05, 0.1) is 31.5 Å². The number of aromatic nitrogens is 2. The molecule has 2 aromatic rings. The summed E-state index contributed by atoms with van der Waals surface area (Å²) in [5.74, 6) is -0.116. The summed E-state index contributed by atoms with van der Waals surface area (Å²) in [5.41, 5.74) is 0.977. The zero-order valence-corrected chi connectivity index (χ0v) is 13.3. The Balaban J connectivity index is 1.30. The first-order chi connectivity index (χ1) is 11.7. The van der Waals surface area contributed by atoms with Gasteiger partial charge >= 0.3 is 0 Å². The lowest BCUT2D eigenvalue weighted by molar-refractivity contribution is -0.188. The second-order valence-corrected chi connectivity index (χ2v) is 6.31. The van der Waals surface area contributed by atoms with Crippen LogP contribution in [0.15, 0.2) is 41.5 Å². The topological polar surface area (TPSA) is 77.7 Å². The van der Waals surface area contributed by atoms with E-state index < -0.39 is 0 Å². The van der Waals surface area contributed by atoms with E-state index in [4.69, 9.17) is 13.9 Å². The van der Waals surface area contributed by atoms with Crippen molar-refractivity contribution < 1.29 is 18.7 Å². The molecule has 2 fully saturated rings. The van der Waals surface area contributed by atoms with E-state index in [9.17, 15) is 4.79 Å². The van der Waals surface area contributed by atoms with E-state index in [0.29, 0.717) is 32.0 Å². The second-order valence-electron chi connectivity index (χ2n) is 6.31. The number of likely N-dealkylation sites (tertiary alicyclic amines) is 1. The molecule has 0 aromatic carbocycles. The molecule has 0 radical (unpaired) electrons. The minimum Gasteiger partial charge on any atom is -0.451 e. The molecule has 0 aliphatic carbocycles. The Bertz CT molecular complexity index is 683. The first kappa shape index (κ1) is 15.3. The summed E-state index contributed by atoms with van der Waals surface area (Å²) in [7, 11) is 0. The zero-order valence-electron chi connectivity index (χ0n) is 13.3. The van der Waals surface area contributed by atoms with Crippen molar-refractivity contribution in [1.29, 1.82) is 0 Å². The molecular formula is C17H19N3O4. The highest BCUT2D eigenvalue weighted by Crippen LogP contribution is 2.36. The average molecular weight is 329 g/mol. The Morgan fingerprint density at radius 2 is 2.29 bits per heavy atom. The number of rotatable bonds is 4. The molecule has 1 spiro atoms. The highest BCUT2D eigenvalue weighted by Gasteiger charge is 2.50. The summed E-state index contributed by atoms with van der Waals surface area (Å²) >= 11 is 0. The van der Waals surface area contributed by atoms with Crippen LogP contribution in [0.25, 0.3) is 0 Å². The lowest BCUT2D eigenvalue weighted by Gasteiger charge is -2.52. The predicted octanol–water partition coefficient (Wildman–Crippen LogP) is 1.66. The summed E-state index contributed by atoms with van der Waals surface area (Å²) < 4.78 is 16.8. The highest BCUT2D eigenvalue weighted by molar-refractivity contribution is 5.92. The van der Waals surface area contributed by atoms with Crippen molar-refractivity contribution in [3.8, 4) is 0 Å². The van der Waals surface area contributed by atoms with Crippen molar-refractivity contribution >= 4 is 5.91 Å². The van der Waals surface area contributed by atoms with Crippen LogP contribution in [0.4, 0.5) is 0 Å². The molecule has 4 rings (SSSR count). The average Bonchev–Trinajstić information content (AvgIpc) is 3.13.